The Morgan fingerprint density at radius 2 is 2.28 bits per heavy atom. The quantitative estimate of drug-likeness (QED) is 0.462. The highest BCUT2D eigenvalue weighted by atomic mass is 19.1. The van der Waals surface area contributed by atoms with Crippen LogP contribution in [0.15, 0.2) is 12.1 Å². The number of hydrogen-bond acceptors (Lipinski definition) is 5. The minimum absolute atomic E-state index is 0.108. The van der Waals surface area contributed by atoms with Gasteiger partial charge >= 0.3 is 5.97 Å². The summed E-state index contributed by atoms with van der Waals surface area (Å²) in [5, 5.41) is 19.5. The van der Waals surface area contributed by atoms with Gasteiger partial charge in [0.05, 0.1) is 18.0 Å². The van der Waals surface area contributed by atoms with Crippen LogP contribution in [-0.4, -0.2) is 17.5 Å². The molecule has 0 amide bonds. The molecule has 0 atom stereocenters. The van der Waals surface area contributed by atoms with Gasteiger partial charge in [0, 0.05) is 11.6 Å². The van der Waals surface area contributed by atoms with Gasteiger partial charge in [0.15, 0.2) is 0 Å². The zero-order valence-electron chi connectivity index (χ0n) is 9.47. The number of hydrogen-bond donors (Lipinski definition) is 0. The topological polar surface area (TPSA) is 93.2 Å². The van der Waals surface area contributed by atoms with Gasteiger partial charge in [-0.3, -0.25) is 14.9 Å². The number of nitro groups is 1. The van der Waals surface area contributed by atoms with Crippen molar-refractivity contribution in [1.29, 1.82) is 5.26 Å². The zero-order chi connectivity index (χ0) is 13.7. The Labute approximate surface area is 102 Å². The molecule has 0 aliphatic heterocycles. The average Bonchev–Trinajstić information content (AvgIpc) is 2.31. The first-order valence-corrected chi connectivity index (χ1v) is 5.02. The molecule has 0 aliphatic rings. The van der Waals surface area contributed by atoms with Gasteiger partial charge in [0.1, 0.15) is 17.4 Å². The molecule has 0 aliphatic carbocycles. The first kappa shape index (κ1) is 13.6. The highest BCUT2D eigenvalue weighted by Crippen LogP contribution is 2.24. The molecule has 0 radical (unpaired) electrons. The number of halogens is 1. The third-order valence-corrected chi connectivity index (χ3v) is 2.17. The molecule has 0 bridgehead atoms. The summed E-state index contributed by atoms with van der Waals surface area (Å²) in [7, 11) is 0. The standard InChI is InChI=1S/C11H9FN2O4/c1-2-18-11(15)5-7-8(6-13)10(14(16)17)4-3-9(7)12/h3-4H,2,5H2,1H3. The maximum Gasteiger partial charge on any atom is 0.310 e. The number of nitrogens with zero attached hydrogens (tertiary/aromatic N) is 2. The molecule has 0 saturated carbocycles. The van der Waals surface area contributed by atoms with E-state index in [1.54, 1.807) is 13.0 Å². The van der Waals surface area contributed by atoms with Crippen LogP contribution >= 0.6 is 0 Å². The summed E-state index contributed by atoms with van der Waals surface area (Å²) in [6.45, 7) is 1.68. The van der Waals surface area contributed by atoms with Crippen LogP contribution in [0.3, 0.4) is 0 Å². The monoisotopic (exact) mass is 252 g/mol. The fourth-order valence-corrected chi connectivity index (χ4v) is 1.42. The Bertz CT molecular complexity index is 537. The van der Waals surface area contributed by atoms with Crippen molar-refractivity contribution >= 4 is 11.7 Å². The molecule has 0 heterocycles. The van der Waals surface area contributed by atoms with Gasteiger partial charge in [-0.05, 0) is 13.0 Å². The van der Waals surface area contributed by atoms with Crippen LogP contribution in [0.5, 0.6) is 0 Å². The van der Waals surface area contributed by atoms with Gasteiger partial charge in [0.25, 0.3) is 5.69 Å². The lowest BCUT2D eigenvalue weighted by molar-refractivity contribution is -0.385. The van der Waals surface area contributed by atoms with E-state index in [1.165, 1.54) is 0 Å². The van der Waals surface area contributed by atoms with Crippen molar-refractivity contribution in [3.63, 3.8) is 0 Å². The van der Waals surface area contributed by atoms with Crippen LogP contribution < -0.4 is 0 Å². The lowest BCUT2D eigenvalue weighted by Gasteiger charge is -2.05. The van der Waals surface area contributed by atoms with E-state index in [0.717, 1.165) is 12.1 Å². The number of nitriles is 1. The summed E-state index contributed by atoms with van der Waals surface area (Å²) in [6, 6.07) is 3.29. The summed E-state index contributed by atoms with van der Waals surface area (Å²) in [5.74, 6) is -1.58. The molecule has 94 valence electrons. The minimum Gasteiger partial charge on any atom is -0.466 e. The largest absolute Gasteiger partial charge is 0.466 e. The summed E-state index contributed by atoms with van der Waals surface area (Å²) in [5.41, 5.74) is -1.29. The molecular formula is C11H9FN2O4. The predicted molar refractivity (Wildman–Crippen MR) is 58.1 cm³/mol. The second-order valence-electron chi connectivity index (χ2n) is 3.27. The van der Waals surface area contributed by atoms with E-state index >= 15 is 0 Å². The smallest absolute Gasteiger partial charge is 0.310 e. The van der Waals surface area contributed by atoms with Gasteiger partial charge in [-0.2, -0.15) is 5.26 Å². The van der Waals surface area contributed by atoms with Crippen LogP contribution in [0.25, 0.3) is 0 Å². The molecule has 18 heavy (non-hydrogen) atoms. The van der Waals surface area contributed by atoms with Crippen molar-refractivity contribution in [2.45, 2.75) is 13.3 Å². The number of esters is 1. The number of benzene rings is 1. The summed E-state index contributed by atoms with van der Waals surface area (Å²) >= 11 is 0. The molecule has 1 aromatic rings. The Morgan fingerprint density at radius 3 is 2.78 bits per heavy atom. The van der Waals surface area contributed by atoms with Crippen molar-refractivity contribution in [2.24, 2.45) is 0 Å². The zero-order valence-corrected chi connectivity index (χ0v) is 9.47. The van der Waals surface area contributed by atoms with Crippen molar-refractivity contribution in [1.82, 2.24) is 0 Å². The van der Waals surface area contributed by atoms with Crippen LogP contribution in [0, 0.1) is 27.3 Å². The molecule has 1 aromatic carbocycles. The molecule has 6 nitrogen and oxygen atoms in total. The fraction of sp³-hybridized carbons (Fsp3) is 0.273. The van der Waals surface area contributed by atoms with E-state index in [4.69, 9.17) is 5.26 Å². The minimum atomic E-state index is -0.842. The highest BCUT2D eigenvalue weighted by molar-refractivity contribution is 5.74. The summed E-state index contributed by atoms with van der Waals surface area (Å²) in [4.78, 5) is 21.1. The Balaban J connectivity index is 3.25. The van der Waals surface area contributed by atoms with Gasteiger partial charge in [-0.1, -0.05) is 0 Å². The van der Waals surface area contributed by atoms with E-state index in [9.17, 15) is 19.3 Å². The molecule has 0 spiro atoms. The van der Waals surface area contributed by atoms with E-state index in [1.807, 2.05) is 0 Å². The van der Waals surface area contributed by atoms with E-state index in [2.05, 4.69) is 4.74 Å². The second kappa shape index (κ2) is 5.72. The van der Waals surface area contributed by atoms with Crippen LogP contribution in [0.4, 0.5) is 10.1 Å². The first-order chi connectivity index (χ1) is 8.51. The van der Waals surface area contributed by atoms with E-state index in [-0.39, 0.29) is 12.2 Å². The van der Waals surface area contributed by atoms with Gasteiger partial charge in [0.2, 0.25) is 0 Å². The SMILES string of the molecule is CCOC(=O)Cc1c(F)ccc([N+](=O)[O-])c1C#N. The third-order valence-electron chi connectivity index (χ3n) is 2.17. The molecule has 0 unspecified atom stereocenters. The average molecular weight is 252 g/mol. The van der Waals surface area contributed by atoms with Crippen LogP contribution in [0.1, 0.15) is 18.1 Å². The van der Waals surface area contributed by atoms with Gasteiger partial charge in [-0.15, -0.1) is 0 Å². The van der Waals surface area contributed by atoms with Crippen LogP contribution in [0.2, 0.25) is 0 Å². The summed E-state index contributed by atoms with van der Waals surface area (Å²) < 4.78 is 18.1. The lowest BCUT2D eigenvalue weighted by Crippen LogP contribution is -2.11. The second-order valence-corrected chi connectivity index (χ2v) is 3.27. The number of carbonyl (C=O) groups excluding carboxylic acids is 1. The van der Waals surface area contributed by atoms with Crippen molar-refractivity contribution < 1.29 is 18.8 Å². The Morgan fingerprint density at radius 1 is 1.61 bits per heavy atom. The number of carbonyl (C=O) groups is 1. The van der Waals surface area contributed by atoms with Gasteiger partial charge in [-0.25, -0.2) is 4.39 Å². The van der Waals surface area contributed by atoms with Crippen molar-refractivity contribution in [3.05, 3.63) is 39.2 Å². The molecular weight excluding hydrogens is 243 g/mol. The number of ether oxygens (including phenoxy) is 1. The van der Waals surface area contributed by atoms with E-state index < -0.39 is 34.4 Å². The van der Waals surface area contributed by atoms with Crippen LogP contribution in [-0.2, 0) is 16.0 Å². The first-order valence-electron chi connectivity index (χ1n) is 5.02. The molecule has 0 saturated heterocycles. The Hall–Kier alpha value is -2.49. The maximum atomic E-state index is 13.5. The summed E-state index contributed by atoms with van der Waals surface area (Å²) in [6.07, 6.45) is -0.510. The fourth-order valence-electron chi connectivity index (χ4n) is 1.42. The van der Waals surface area contributed by atoms with Crippen molar-refractivity contribution in [2.75, 3.05) is 6.61 Å². The van der Waals surface area contributed by atoms with Gasteiger partial charge < -0.3 is 4.74 Å². The molecule has 7 heteroatoms. The number of nitro benzene ring substituents is 1. The van der Waals surface area contributed by atoms with Crippen molar-refractivity contribution in [3.8, 4) is 6.07 Å². The lowest BCUT2D eigenvalue weighted by atomic mass is 10.0. The molecule has 0 N–H and O–H groups in total. The number of rotatable bonds is 4. The molecule has 0 fully saturated rings. The third kappa shape index (κ3) is 2.79. The highest BCUT2D eigenvalue weighted by Gasteiger charge is 2.23. The normalized spacial score (nSPS) is 9.61. The molecule has 0 aromatic heterocycles. The molecule has 1 rings (SSSR count). The predicted octanol–water partition coefficient (Wildman–Crippen LogP) is 1.71. The van der Waals surface area contributed by atoms with E-state index in [0.29, 0.717) is 0 Å². The Kier molecular flexibility index (Phi) is 4.32. The maximum absolute atomic E-state index is 13.5.